The molecule has 1 fully saturated rings. The van der Waals surface area contributed by atoms with Crippen LogP contribution in [-0.2, 0) is 10.2 Å². The third kappa shape index (κ3) is 3.87. The number of rotatable bonds is 3. The molecule has 0 unspecified atom stereocenters. The van der Waals surface area contributed by atoms with E-state index in [1.165, 1.54) is 16.4 Å². The molecular weight excluding hydrogens is 314 g/mol. The van der Waals surface area contributed by atoms with E-state index in [0.717, 1.165) is 12.8 Å². The smallest absolute Gasteiger partial charge is 0.304 e. The van der Waals surface area contributed by atoms with Crippen LogP contribution in [0.25, 0.3) is 0 Å². The predicted molar refractivity (Wildman–Crippen MR) is 82.2 cm³/mol. The Hall–Kier alpha value is -1.31. The number of benzene rings is 1. The molecule has 1 aliphatic rings. The van der Waals surface area contributed by atoms with Crippen molar-refractivity contribution in [2.45, 2.75) is 19.8 Å². The van der Waals surface area contributed by atoms with Crippen molar-refractivity contribution < 1.29 is 13.2 Å². The number of halogens is 1. The number of nitrogens with two attached hydrogens (primary N) is 1. The summed E-state index contributed by atoms with van der Waals surface area (Å²) < 4.78 is 27.7. The van der Waals surface area contributed by atoms with Crippen molar-refractivity contribution in [3.63, 3.8) is 0 Å². The molecule has 0 radical (unpaired) electrons. The average molecular weight is 332 g/mol. The second-order valence-electron chi connectivity index (χ2n) is 5.26. The van der Waals surface area contributed by atoms with Crippen molar-refractivity contribution in [2.24, 2.45) is 5.92 Å². The summed E-state index contributed by atoms with van der Waals surface area (Å²) in [5.41, 5.74) is 5.98. The Morgan fingerprint density at radius 2 is 2.00 bits per heavy atom. The number of carbonyl (C=O) groups excluding carboxylic acids is 1. The fraction of sp³-hybridized carbons (Fsp3) is 0.462. The highest BCUT2D eigenvalue weighted by Gasteiger charge is 2.28. The molecule has 21 heavy (non-hydrogen) atoms. The van der Waals surface area contributed by atoms with Crippen molar-refractivity contribution in [2.75, 3.05) is 18.8 Å². The van der Waals surface area contributed by atoms with Gasteiger partial charge in [0.25, 0.3) is 5.91 Å². The Morgan fingerprint density at radius 3 is 2.62 bits per heavy atom. The van der Waals surface area contributed by atoms with Crippen molar-refractivity contribution in [1.29, 1.82) is 0 Å². The Labute approximate surface area is 129 Å². The van der Waals surface area contributed by atoms with Crippen LogP contribution in [0.15, 0.2) is 18.2 Å². The number of piperidine rings is 1. The maximum atomic E-state index is 12.2. The lowest BCUT2D eigenvalue weighted by Gasteiger charge is -2.29. The topological polar surface area (TPSA) is 92.5 Å². The van der Waals surface area contributed by atoms with Crippen LogP contribution in [0.5, 0.6) is 0 Å². The van der Waals surface area contributed by atoms with E-state index >= 15 is 0 Å². The van der Waals surface area contributed by atoms with Gasteiger partial charge in [-0.1, -0.05) is 18.5 Å². The molecule has 1 aromatic carbocycles. The molecule has 8 heteroatoms. The summed E-state index contributed by atoms with van der Waals surface area (Å²) >= 11 is 5.90. The lowest BCUT2D eigenvalue weighted by atomic mass is 10.0. The zero-order valence-electron chi connectivity index (χ0n) is 11.7. The molecule has 0 aromatic heterocycles. The molecule has 0 aliphatic carbocycles. The number of anilines is 1. The zero-order valence-corrected chi connectivity index (χ0v) is 13.2. The van der Waals surface area contributed by atoms with Crippen molar-refractivity contribution in [1.82, 2.24) is 9.03 Å². The molecular formula is C13H18ClN3O3S. The van der Waals surface area contributed by atoms with Gasteiger partial charge in [0.05, 0.1) is 10.6 Å². The van der Waals surface area contributed by atoms with Crippen LogP contribution in [0, 0.1) is 5.92 Å². The second-order valence-corrected chi connectivity index (χ2v) is 7.33. The fourth-order valence-electron chi connectivity index (χ4n) is 2.18. The number of carbonyl (C=O) groups is 1. The first-order chi connectivity index (χ1) is 9.79. The Balaban J connectivity index is 2.13. The molecule has 1 heterocycles. The highest BCUT2D eigenvalue weighted by molar-refractivity contribution is 7.87. The molecule has 2 rings (SSSR count). The van der Waals surface area contributed by atoms with Gasteiger partial charge in [-0.2, -0.15) is 12.7 Å². The summed E-state index contributed by atoms with van der Waals surface area (Å²) in [5.74, 6) is -0.276. The first kappa shape index (κ1) is 16.1. The molecule has 0 saturated carbocycles. The van der Waals surface area contributed by atoms with Gasteiger partial charge < -0.3 is 5.73 Å². The molecule has 1 aromatic rings. The SMILES string of the molecule is CC1CCN(S(=O)(=O)NC(=O)c2cc(N)ccc2Cl)CC1. The van der Waals surface area contributed by atoms with E-state index in [4.69, 9.17) is 17.3 Å². The predicted octanol–water partition coefficient (Wildman–Crippen LogP) is 1.63. The Bertz CT molecular complexity index is 640. The van der Waals surface area contributed by atoms with Gasteiger partial charge in [0, 0.05) is 18.8 Å². The number of nitrogens with one attached hydrogen (secondary N) is 1. The van der Waals surface area contributed by atoms with E-state index in [1.807, 2.05) is 4.72 Å². The third-order valence-electron chi connectivity index (χ3n) is 3.54. The van der Waals surface area contributed by atoms with Gasteiger partial charge in [-0.3, -0.25) is 4.79 Å². The summed E-state index contributed by atoms with van der Waals surface area (Å²) in [6.07, 6.45) is 1.57. The average Bonchev–Trinajstić information content (AvgIpc) is 2.41. The van der Waals surface area contributed by atoms with E-state index < -0.39 is 16.1 Å². The number of hydrogen-bond acceptors (Lipinski definition) is 4. The molecule has 1 saturated heterocycles. The van der Waals surface area contributed by atoms with Crippen molar-refractivity contribution >= 4 is 33.4 Å². The summed E-state index contributed by atoms with van der Waals surface area (Å²) in [6, 6.07) is 4.35. The first-order valence-electron chi connectivity index (χ1n) is 6.67. The molecule has 116 valence electrons. The minimum Gasteiger partial charge on any atom is -0.399 e. The van der Waals surface area contributed by atoms with Crippen LogP contribution in [-0.4, -0.2) is 31.7 Å². The van der Waals surface area contributed by atoms with Gasteiger partial charge in [-0.25, -0.2) is 4.72 Å². The second kappa shape index (κ2) is 6.21. The van der Waals surface area contributed by atoms with Gasteiger partial charge >= 0.3 is 10.2 Å². The molecule has 0 bridgehead atoms. The summed E-state index contributed by atoms with van der Waals surface area (Å²) in [6.45, 7) is 2.90. The largest absolute Gasteiger partial charge is 0.399 e. The molecule has 1 amide bonds. The zero-order chi connectivity index (χ0) is 15.6. The lowest BCUT2D eigenvalue weighted by Crippen LogP contribution is -2.46. The highest BCUT2D eigenvalue weighted by Crippen LogP contribution is 2.21. The first-order valence-corrected chi connectivity index (χ1v) is 8.48. The Morgan fingerprint density at radius 1 is 1.38 bits per heavy atom. The van der Waals surface area contributed by atoms with Gasteiger partial charge in [0.1, 0.15) is 0 Å². The Kier molecular flexibility index (Phi) is 4.75. The third-order valence-corrected chi connectivity index (χ3v) is 5.36. The fourth-order valence-corrected chi connectivity index (χ4v) is 3.55. The van der Waals surface area contributed by atoms with E-state index in [9.17, 15) is 13.2 Å². The highest BCUT2D eigenvalue weighted by atomic mass is 35.5. The summed E-state index contributed by atoms with van der Waals surface area (Å²) in [4.78, 5) is 12.1. The number of amides is 1. The van der Waals surface area contributed by atoms with E-state index in [1.54, 1.807) is 6.07 Å². The molecule has 6 nitrogen and oxygen atoms in total. The van der Waals surface area contributed by atoms with Crippen molar-refractivity contribution in [3.05, 3.63) is 28.8 Å². The quantitative estimate of drug-likeness (QED) is 0.823. The van der Waals surface area contributed by atoms with Crippen LogP contribution in [0.4, 0.5) is 5.69 Å². The van der Waals surface area contributed by atoms with Gasteiger partial charge in [0.2, 0.25) is 0 Å². The molecule has 3 N–H and O–H groups in total. The number of hydrogen-bond donors (Lipinski definition) is 2. The molecule has 0 spiro atoms. The lowest BCUT2D eigenvalue weighted by molar-refractivity contribution is 0.0978. The normalized spacial score (nSPS) is 17.6. The minimum atomic E-state index is -3.85. The van der Waals surface area contributed by atoms with Crippen LogP contribution in [0.3, 0.4) is 0 Å². The number of nitrogen functional groups attached to an aromatic ring is 1. The minimum absolute atomic E-state index is 0.0469. The van der Waals surface area contributed by atoms with Gasteiger partial charge in [0.15, 0.2) is 0 Å². The van der Waals surface area contributed by atoms with Crippen LogP contribution < -0.4 is 10.5 Å². The van der Waals surface area contributed by atoms with Gasteiger partial charge in [-0.05, 0) is 37.0 Å². The summed E-state index contributed by atoms with van der Waals surface area (Å²) in [5, 5.41) is 0.157. The van der Waals surface area contributed by atoms with Crippen LogP contribution >= 0.6 is 11.6 Å². The van der Waals surface area contributed by atoms with Crippen LogP contribution in [0.2, 0.25) is 5.02 Å². The molecule has 1 aliphatic heterocycles. The number of nitrogens with zero attached hydrogens (tertiary/aromatic N) is 1. The van der Waals surface area contributed by atoms with Crippen LogP contribution in [0.1, 0.15) is 30.1 Å². The van der Waals surface area contributed by atoms with E-state index in [-0.39, 0.29) is 10.6 Å². The van der Waals surface area contributed by atoms with E-state index in [0.29, 0.717) is 24.7 Å². The standard InChI is InChI=1S/C13H18ClN3O3S/c1-9-4-6-17(7-5-9)21(19,20)16-13(18)11-8-10(15)2-3-12(11)14/h2-3,8-9H,4-7,15H2,1H3,(H,16,18). The summed E-state index contributed by atoms with van der Waals surface area (Å²) in [7, 11) is -3.85. The van der Waals surface area contributed by atoms with E-state index in [2.05, 4.69) is 6.92 Å². The maximum Gasteiger partial charge on any atom is 0.304 e. The monoisotopic (exact) mass is 331 g/mol. The molecule has 0 atom stereocenters. The van der Waals surface area contributed by atoms with Crippen molar-refractivity contribution in [3.8, 4) is 0 Å². The van der Waals surface area contributed by atoms with Gasteiger partial charge in [-0.15, -0.1) is 0 Å². The maximum absolute atomic E-state index is 12.2.